The summed E-state index contributed by atoms with van der Waals surface area (Å²) in [5, 5.41) is 2.47. The van der Waals surface area contributed by atoms with Crippen molar-refractivity contribution in [2.45, 2.75) is 25.1 Å². The molecule has 0 unspecified atom stereocenters. The Morgan fingerprint density at radius 3 is 2.65 bits per heavy atom. The second-order valence-corrected chi connectivity index (χ2v) is 6.52. The first-order valence-corrected chi connectivity index (χ1v) is 8.59. The molecule has 2 aliphatic rings. The number of alkyl halides is 3. The molecule has 0 spiro atoms. The van der Waals surface area contributed by atoms with Crippen molar-refractivity contribution in [3.05, 3.63) is 29.6 Å². The third kappa shape index (κ3) is 4.45. The normalized spacial score (nSPS) is 21.8. The van der Waals surface area contributed by atoms with Crippen LogP contribution in [0.2, 0.25) is 0 Å². The number of hydrogen-bond donors (Lipinski definition) is 1. The number of benzene rings is 1. The Morgan fingerprint density at radius 1 is 1.23 bits per heavy atom. The van der Waals surface area contributed by atoms with Crippen molar-refractivity contribution >= 4 is 11.7 Å². The van der Waals surface area contributed by atoms with Crippen LogP contribution in [-0.2, 0) is 10.9 Å². The highest BCUT2D eigenvalue weighted by atomic mass is 19.4. The lowest BCUT2D eigenvalue weighted by Crippen LogP contribution is -2.47. The van der Waals surface area contributed by atoms with Crippen LogP contribution in [0.15, 0.2) is 18.2 Å². The van der Waals surface area contributed by atoms with Gasteiger partial charge in [-0.15, -0.1) is 0 Å². The van der Waals surface area contributed by atoms with E-state index in [0.717, 1.165) is 32.0 Å². The van der Waals surface area contributed by atoms with Gasteiger partial charge in [-0.2, -0.15) is 13.2 Å². The number of rotatable bonds is 3. The summed E-state index contributed by atoms with van der Waals surface area (Å²) in [5.41, 5.74) is -1.46. The fraction of sp³-hybridized carbons (Fsp3) is 0.588. The Hall–Kier alpha value is -1.87. The number of morpholine rings is 1. The second-order valence-electron chi connectivity index (χ2n) is 6.52. The molecule has 2 heterocycles. The molecule has 0 radical (unpaired) electrons. The van der Waals surface area contributed by atoms with Crippen LogP contribution in [0.1, 0.15) is 18.4 Å². The van der Waals surface area contributed by atoms with Crippen LogP contribution in [-0.4, -0.2) is 61.3 Å². The van der Waals surface area contributed by atoms with E-state index in [1.54, 1.807) is 4.90 Å². The molecule has 1 aromatic rings. The van der Waals surface area contributed by atoms with Crippen molar-refractivity contribution in [3.8, 4) is 0 Å². The maximum Gasteiger partial charge on any atom is 0.419 e. The largest absolute Gasteiger partial charge is 0.419 e. The monoisotopic (exact) mass is 375 g/mol. The lowest BCUT2D eigenvalue weighted by molar-refractivity contribution is -0.139. The highest BCUT2D eigenvalue weighted by Crippen LogP contribution is 2.33. The first-order valence-electron chi connectivity index (χ1n) is 8.59. The summed E-state index contributed by atoms with van der Waals surface area (Å²) >= 11 is 0. The summed E-state index contributed by atoms with van der Waals surface area (Å²) < 4.78 is 57.1. The SMILES string of the molecule is O=C(Nc1ccc(F)c(C(F)(F)F)c1)N1CCC[C@@H]1CN1CCOCC1. The van der Waals surface area contributed by atoms with Crippen molar-refractivity contribution in [1.29, 1.82) is 0 Å². The van der Waals surface area contributed by atoms with Crippen molar-refractivity contribution in [2.75, 3.05) is 44.7 Å². The summed E-state index contributed by atoms with van der Waals surface area (Å²) in [6, 6.07) is 2.03. The molecule has 5 nitrogen and oxygen atoms in total. The third-order valence-corrected chi connectivity index (χ3v) is 4.73. The van der Waals surface area contributed by atoms with Crippen molar-refractivity contribution in [3.63, 3.8) is 0 Å². The Morgan fingerprint density at radius 2 is 1.96 bits per heavy atom. The fourth-order valence-corrected chi connectivity index (χ4v) is 3.39. The number of amides is 2. The molecule has 2 fully saturated rings. The Bertz CT molecular complexity index is 647. The lowest BCUT2D eigenvalue weighted by atomic mass is 10.2. The molecular weight excluding hydrogens is 354 g/mol. The summed E-state index contributed by atoms with van der Waals surface area (Å²) in [5.74, 6) is -1.36. The van der Waals surface area contributed by atoms with Crippen molar-refractivity contribution in [1.82, 2.24) is 9.80 Å². The van der Waals surface area contributed by atoms with E-state index in [0.29, 0.717) is 38.4 Å². The standard InChI is InChI=1S/C17H21F4N3O2/c18-15-4-3-12(10-14(15)17(19,20)21)22-16(25)24-5-1-2-13(24)11-23-6-8-26-9-7-23/h3-4,10,13H,1-2,5-9,11H2,(H,22,25)/t13-/m1/s1. The molecule has 0 aliphatic carbocycles. The van der Waals surface area contributed by atoms with Gasteiger partial charge in [-0.25, -0.2) is 9.18 Å². The van der Waals surface area contributed by atoms with Gasteiger partial charge in [-0.1, -0.05) is 0 Å². The van der Waals surface area contributed by atoms with Gasteiger partial charge >= 0.3 is 12.2 Å². The summed E-state index contributed by atoms with van der Waals surface area (Å²) in [6.45, 7) is 4.20. The van der Waals surface area contributed by atoms with E-state index in [2.05, 4.69) is 10.2 Å². The van der Waals surface area contributed by atoms with Gasteiger partial charge in [0, 0.05) is 37.9 Å². The number of carbonyl (C=O) groups excluding carboxylic acids is 1. The van der Waals surface area contributed by atoms with E-state index in [9.17, 15) is 22.4 Å². The molecule has 0 bridgehead atoms. The average Bonchev–Trinajstić information content (AvgIpc) is 3.05. The zero-order chi connectivity index (χ0) is 18.7. The van der Waals surface area contributed by atoms with E-state index < -0.39 is 23.6 Å². The smallest absolute Gasteiger partial charge is 0.379 e. The van der Waals surface area contributed by atoms with Gasteiger partial charge in [0.2, 0.25) is 0 Å². The number of carbonyl (C=O) groups is 1. The first kappa shape index (κ1) is 18.9. The Kier molecular flexibility index (Phi) is 5.67. The molecule has 1 atom stereocenters. The van der Waals surface area contributed by atoms with Crippen molar-refractivity contribution < 1.29 is 27.1 Å². The quantitative estimate of drug-likeness (QED) is 0.826. The fourth-order valence-electron chi connectivity index (χ4n) is 3.39. The second kappa shape index (κ2) is 7.79. The van der Waals surface area contributed by atoms with Crippen LogP contribution >= 0.6 is 0 Å². The molecule has 1 aromatic carbocycles. The van der Waals surface area contributed by atoms with E-state index in [4.69, 9.17) is 4.74 Å². The number of hydrogen-bond acceptors (Lipinski definition) is 3. The molecule has 0 saturated carbocycles. The maximum atomic E-state index is 13.4. The van der Waals surface area contributed by atoms with Crippen LogP contribution in [0.3, 0.4) is 0 Å². The third-order valence-electron chi connectivity index (χ3n) is 4.73. The van der Waals surface area contributed by atoms with Gasteiger partial charge in [-0.3, -0.25) is 4.90 Å². The van der Waals surface area contributed by atoms with Crippen LogP contribution in [0.5, 0.6) is 0 Å². The minimum atomic E-state index is -4.81. The summed E-state index contributed by atoms with van der Waals surface area (Å²) in [6.07, 6.45) is -3.11. The number of likely N-dealkylation sites (tertiary alicyclic amines) is 1. The molecule has 9 heteroatoms. The topological polar surface area (TPSA) is 44.8 Å². The van der Waals surface area contributed by atoms with Gasteiger partial charge in [-0.05, 0) is 31.0 Å². The van der Waals surface area contributed by atoms with Gasteiger partial charge < -0.3 is 15.0 Å². The zero-order valence-electron chi connectivity index (χ0n) is 14.2. The van der Waals surface area contributed by atoms with E-state index >= 15 is 0 Å². The molecule has 1 N–H and O–H groups in total. The number of ether oxygens (including phenoxy) is 1. The Labute approximate surface area is 148 Å². The van der Waals surface area contributed by atoms with Crippen LogP contribution < -0.4 is 5.32 Å². The zero-order valence-corrected chi connectivity index (χ0v) is 14.2. The minimum Gasteiger partial charge on any atom is -0.379 e. The molecule has 2 amide bonds. The van der Waals surface area contributed by atoms with Gasteiger partial charge in [0.15, 0.2) is 0 Å². The first-order chi connectivity index (χ1) is 12.3. The van der Waals surface area contributed by atoms with Gasteiger partial charge in [0.05, 0.1) is 18.8 Å². The molecule has 26 heavy (non-hydrogen) atoms. The summed E-state index contributed by atoms with van der Waals surface area (Å²) in [4.78, 5) is 16.4. The number of urea groups is 1. The Balaban J connectivity index is 1.65. The number of halogens is 4. The predicted molar refractivity (Wildman–Crippen MR) is 87.4 cm³/mol. The van der Waals surface area contributed by atoms with Gasteiger partial charge in [0.25, 0.3) is 0 Å². The average molecular weight is 375 g/mol. The molecular formula is C17H21F4N3O2. The molecule has 2 aliphatic heterocycles. The summed E-state index contributed by atoms with van der Waals surface area (Å²) in [7, 11) is 0. The minimum absolute atomic E-state index is 0.00985. The number of anilines is 1. The highest BCUT2D eigenvalue weighted by molar-refractivity contribution is 5.89. The van der Waals surface area contributed by atoms with Crippen LogP contribution in [0, 0.1) is 5.82 Å². The van der Waals surface area contributed by atoms with Crippen molar-refractivity contribution in [2.24, 2.45) is 0 Å². The molecule has 144 valence electrons. The highest BCUT2D eigenvalue weighted by Gasteiger charge is 2.35. The predicted octanol–water partition coefficient (Wildman–Crippen LogP) is 3.17. The molecule has 3 rings (SSSR count). The molecule has 2 saturated heterocycles. The van der Waals surface area contributed by atoms with Gasteiger partial charge in [0.1, 0.15) is 5.82 Å². The number of nitrogens with one attached hydrogen (secondary N) is 1. The lowest BCUT2D eigenvalue weighted by Gasteiger charge is -2.33. The van der Waals surface area contributed by atoms with Crippen LogP contribution in [0.4, 0.5) is 28.0 Å². The molecule has 0 aromatic heterocycles. The van der Waals surface area contributed by atoms with E-state index in [1.807, 2.05) is 0 Å². The van der Waals surface area contributed by atoms with E-state index in [-0.39, 0.29) is 11.7 Å². The van der Waals surface area contributed by atoms with Crippen LogP contribution in [0.25, 0.3) is 0 Å². The van der Waals surface area contributed by atoms with E-state index in [1.165, 1.54) is 0 Å². The number of nitrogens with zero attached hydrogens (tertiary/aromatic N) is 2. The maximum absolute atomic E-state index is 13.4.